The number of carboxylic acid groups (broad SMARTS) is 5. The molecule has 0 heterocycles. The molecule has 0 aromatic rings. The number of unbranched alkanes of at least 4 members (excludes halogenated alkanes) is 2. The van der Waals surface area contributed by atoms with Crippen molar-refractivity contribution in [3.63, 3.8) is 0 Å². The summed E-state index contributed by atoms with van der Waals surface area (Å²) in [4.78, 5) is 142. The molecule has 0 rings (SSSR count). The number of amides is 6. The van der Waals surface area contributed by atoms with E-state index in [1.807, 2.05) is 10.6 Å². The van der Waals surface area contributed by atoms with Crippen molar-refractivity contribution in [1.29, 1.82) is 0 Å². The second-order valence-electron chi connectivity index (χ2n) is 11.5. The van der Waals surface area contributed by atoms with E-state index >= 15 is 0 Å². The molecule has 0 bridgehead atoms. The van der Waals surface area contributed by atoms with Crippen molar-refractivity contribution in [1.82, 2.24) is 31.9 Å². The van der Waals surface area contributed by atoms with E-state index in [2.05, 4.69) is 41.2 Å². The summed E-state index contributed by atoms with van der Waals surface area (Å²) < 4.78 is 0. The highest BCUT2D eigenvalue weighted by molar-refractivity contribution is 7.80. The molecule has 0 saturated carbocycles. The van der Waals surface area contributed by atoms with Gasteiger partial charge in [0.1, 0.15) is 30.2 Å². The Balaban J connectivity index is 4.96. The lowest BCUT2D eigenvalue weighted by Gasteiger charge is -2.19. The summed E-state index contributed by atoms with van der Waals surface area (Å²) in [6.07, 6.45) is -3.61. The fourth-order valence-corrected chi connectivity index (χ4v) is 4.58. The molecule has 0 aromatic heterocycles. The largest absolute Gasteiger partial charge is 0.481 e. The molecular weight excluding hydrogens is 782 g/mol. The lowest BCUT2D eigenvalue weighted by atomic mass is 10.1. The summed E-state index contributed by atoms with van der Waals surface area (Å²) >= 11 is 7.81. The minimum Gasteiger partial charge on any atom is -0.481 e. The summed E-state index contributed by atoms with van der Waals surface area (Å²) in [6.45, 7) is 0.0967. The van der Waals surface area contributed by atoms with Gasteiger partial charge >= 0.3 is 29.8 Å². The number of ketones is 1. The van der Waals surface area contributed by atoms with Gasteiger partial charge in [0, 0.05) is 24.5 Å². The van der Waals surface area contributed by atoms with E-state index in [-0.39, 0.29) is 30.9 Å². The van der Waals surface area contributed by atoms with Gasteiger partial charge < -0.3 is 63.2 Å². The van der Waals surface area contributed by atoms with Gasteiger partial charge in [-0.25, -0.2) is 19.2 Å². The summed E-state index contributed by atoms with van der Waals surface area (Å²) in [5, 5.41) is 58.3. The van der Waals surface area contributed by atoms with E-state index in [1.165, 1.54) is 0 Å². The van der Waals surface area contributed by atoms with Crippen molar-refractivity contribution < 1.29 is 83.1 Å². The zero-order valence-electron chi connectivity index (χ0n) is 28.8. The van der Waals surface area contributed by atoms with E-state index < -0.39 is 133 Å². The Labute approximate surface area is 322 Å². The van der Waals surface area contributed by atoms with Crippen molar-refractivity contribution in [3.8, 4) is 0 Å². The molecular formula is C29H43N7O17S2. The number of hydrogen-bond donors (Lipinski definition) is 14. The first-order valence-electron chi connectivity index (χ1n) is 16.0. The summed E-state index contributed by atoms with van der Waals surface area (Å²) in [5.41, 5.74) is 5.46. The van der Waals surface area contributed by atoms with Crippen molar-refractivity contribution in [3.05, 3.63) is 0 Å². The van der Waals surface area contributed by atoms with Crippen LogP contribution in [0.5, 0.6) is 0 Å². The first kappa shape index (κ1) is 49.5. The van der Waals surface area contributed by atoms with E-state index in [1.54, 1.807) is 5.32 Å². The Morgan fingerprint density at radius 3 is 1.25 bits per heavy atom. The van der Waals surface area contributed by atoms with E-state index in [0.29, 0.717) is 12.8 Å². The number of nitrogens with one attached hydrogen (secondary N) is 6. The molecule has 0 saturated heterocycles. The van der Waals surface area contributed by atoms with Crippen LogP contribution in [0.3, 0.4) is 0 Å². The molecule has 0 aliphatic heterocycles. The second kappa shape index (κ2) is 25.5. The van der Waals surface area contributed by atoms with Crippen molar-refractivity contribution in [2.24, 2.45) is 5.73 Å². The molecule has 26 heteroatoms. The highest BCUT2D eigenvalue weighted by Gasteiger charge is 2.32. The van der Waals surface area contributed by atoms with Crippen LogP contribution in [0.4, 0.5) is 0 Å². The van der Waals surface area contributed by atoms with Crippen molar-refractivity contribution in [2.45, 2.75) is 87.6 Å². The highest BCUT2D eigenvalue weighted by Crippen LogP contribution is 2.04. The normalized spacial score (nSPS) is 13.9. The zero-order valence-corrected chi connectivity index (χ0v) is 30.6. The van der Waals surface area contributed by atoms with Crippen LogP contribution >= 0.6 is 25.3 Å². The van der Waals surface area contributed by atoms with Gasteiger partial charge in [0.2, 0.25) is 35.3 Å². The molecule has 0 fully saturated rings. The van der Waals surface area contributed by atoms with Gasteiger partial charge in [-0.2, -0.15) is 25.3 Å². The van der Waals surface area contributed by atoms with Gasteiger partial charge in [0.05, 0.1) is 31.7 Å². The average molecular weight is 826 g/mol. The van der Waals surface area contributed by atoms with Gasteiger partial charge in [-0.1, -0.05) is 6.42 Å². The molecule has 0 radical (unpaired) electrons. The smallest absolute Gasteiger partial charge is 0.326 e. The lowest BCUT2D eigenvalue weighted by molar-refractivity contribution is -0.148. The van der Waals surface area contributed by atoms with Crippen molar-refractivity contribution in [2.75, 3.05) is 18.1 Å². The number of hydrogen-bond acceptors (Lipinski definition) is 15. The lowest BCUT2D eigenvalue weighted by Crippen LogP contribution is -2.52. The third-order valence-electron chi connectivity index (χ3n) is 7.02. The van der Waals surface area contributed by atoms with Crippen LogP contribution in [0.1, 0.15) is 51.4 Å². The number of carbonyl (C=O) groups is 12. The molecule has 0 aromatic carbocycles. The third kappa shape index (κ3) is 20.5. The summed E-state index contributed by atoms with van der Waals surface area (Å²) in [7, 11) is 0. The number of rotatable bonds is 28. The Bertz CT molecular complexity index is 1480. The maximum absolute atomic E-state index is 12.5. The van der Waals surface area contributed by atoms with Crippen LogP contribution < -0.4 is 37.6 Å². The summed E-state index contributed by atoms with van der Waals surface area (Å²) in [5.74, 6) is -16.2. The van der Waals surface area contributed by atoms with Crippen LogP contribution in [-0.2, 0) is 57.5 Å². The van der Waals surface area contributed by atoms with Gasteiger partial charge in [-0.15, -0.1) is 0 Å². The first-order valence-corrected chi connectivity index (χ1v) is 17.3. The standard InChI is InChI=1S/C29H43N7O17S2/c30-12(10-54)23(43)25(45)36-17(11-55)24(44)31-5-3-1-2-4-18(37)32-13(26(46)47)6-19(38)33-14(27(48)49)7-20(39)34-15(28(50)51)8-21(40)35-16(29(52)53)9-22(41)42/h12-17,54-55H,1-11,30H2,(H,31,44)(H,32,37)(H,33,38)(H,34,39)(H,35,40)(H,36,45)(H,41,42)(H,46,47)(H,48,49)(H,50,51)(H,52,53)/t12-,13?,14?,15?,16?,17?/m0/s1. The molecule has 308 valence electrons. The van der Waals surface area contributed by atoms with Crippen LogP contribution in [0.2, 0.25) is 0 Å². The number of Topliss-reactive ketones (excluding diaryl/α,β-unsaturated/α-hetero) is 1. The fraction of sp³-hybridized carbons (Fsp3) is 0.586. The molecule has 0 aliphatic carbocycles. The molecule has 0 aliphatic rings. The van der Waals surface area contributed by atoms with Crippen LogP contribution in [-0.4, -0.2) is 151 Å². The maximum Gasteiger partial charge on any atom is 0.326 e. The van der Waals surface area contributed by atoms with Gasteiger partial charge in [-0.05, 0) is 12.8 Å². The zero-order chi connectivity index (χ0) is 42.4. The second-order valence-corrected chi connectivity index (χ2v) is 12.2. The van der Waals surface area contributed by atoms with Crippen LogP contribution in [0, 0.1) is 0 Å². The highest BCUT2D eigenvalue weighted by atomic mass is 32.1. The van der Waals surface area contributed by atoms with Crippen LogP contribution in [0.25, 0.3) is 0 Å². The van der Waals surface area contributed by atoms with Crippen molar-refractivity contribution >= 4 is 96.3 Å². The molecule has 55 heavy (non-hydrogen) atoms. The predicted octanol–water partition coefficient (Wildman–Crippen LogP) is -5.17. The van der Waals surface area contributed by atoms with Gasteiger partial charge in [-0.3, -0.25) is 38.4 Å². The minimum absolute atomic E-state index is 0.0845. The average Bonchev–Trinajstić information content (AvgIpc) is 3.09. The van der Waals surface area contributed by atoms with E-state index in [0.717, 1.165) is 0 Å². The quantitative estimate of drug-likeness (QED) is 0.0199. The SMILES string of the molecule is N[C@@H](CS)C(=O)C(=O)NC(CS)C(=O)NCCCCCC(=O)NC(CC(=O)NC(CC(=O)NC(CC(=O)NC(CC(=O)O)C(=O)O)C(=O)O)C(=O)O)C(=O)O. The fourth-order valence-electron chi connectivity index (χ4n) is 4.15. The maximum atomic E-state index is 12.5. The molecule has 13 N–H and O–H groups in total. The summed E-state index contributed by atoms with van der Waals surface area (Å²) in [6, 6.07) is -10.2. The van der Waals surface area contributed by atoms with Crippen LogP contribution in [0.15, 0.2) is 0 Å². The Morgan fingerprint density at radius 1 is 0.491 bits per heavy atom. The molecule has 5 unspecified atom stereocenters. The number of thiol groups is 2. The Hall–Kier alpha value is -5.50. The number of aliphatic carboxylic acids is 5. The topological polar surface area (TPSA) is 404 Å². The number of nitrogens with two attached hydrogens (primary N) is 1. The molecule has 24 nitrogen and oxygen atoms in total. The minimum atomic E-state index is -2.05. The molecule has 0 spiro atoms. The Kier molecular flexibility index (Phi) is 23.0. The molecule has 6 amide bonds. The number of carbonyl (C=O) groups excluding carboxylic acids is 7. The Morgan fingerprint density at radius 2 is 0.891 bits per heavy atom. The monoisotopic (exact) mass is 825 g/mol. The first-order chi connectivity index (χ1) is 25.6. The van der Waals surface area contributed by atoms with E-state index in [4.69, 9.17) is 15.9 Å². The molecule has 6 atom stereocenters. The van der Waals surface area contributed by atoms with Gasteiger partial charge in [0.15, 0.2) is 0 Å². The third-order valence-corrected chi connectivity index (χ3v) is 7.78. The predicted molar refractivity (Wildman–Crippen MR) is 188 cm³/mol. The van der Waals surface area contributed by atoms with E-state index in [9.17, 15) is 72.9 Å². The number of carboxylic acids is 5. The van der Waals surface area contributed by atoms with Gasteiger partial charge in [0.25, 0.3) is 5.91 Å².